The second-order valence-electron chi connectivity index (χ2n) is 5.50. The van der Waals surface area contributed by atoms with Gasteiger partial charge in [0, 0.05) is 25.2 Å². The van der Waals surface area contributed by atoms with Gasteiger partial charge in [0.25, 0.3) is 10.2 Å². The van der Waals surface area contributed by atoms with E-state index >= 15 is 0 Å². The normalized spacial score (nSPS) is 37.0. The largest absolute Gasteiger partial charge is 0.377 e. The van der Waals surface area contributed by atoms with Crippen molar-refractivity contribution in [3.8, 4) is 0 Å². The Labute approximate surface area is 115 Å². The van der Waals surface area contributed by atoms with Crippen molar-refractivity contribution in [2.24, 2.45) is 5.73 Å². The zero-order chi connectivity index (χ0) is 14.0. The molecule has 0 aromatic heterocycles. The highest BCUT2D eigenvalue weighted by Crippen LogP contribution is 2.25. The third kappa shape index (κ3) is 3.28. The first-order chi connectivity index (χ1) is 8.95. The predicted molar refractivity (Wildman–Crippen MR) is 73.9 cm³/mol. The minimum atomic E-state index is -3.45. The van der Waals surface area contributed by atoms with Crippen LogP contribution in [0.2, 0.25) is 0 Å². The first kappa shape index (κ1) is 15.2. The molecule has 19 heavy (non-hydrogen) atoms. The number of rotatable bonds is 5. The van der Waals surface area contributed by atoms with Crippen LogP contribution in [0.25, 0.3) is 0 Å². The van der Waals surface area contributed by atoms with E-state index in [1.807, 2.05) is 13.8 Å². The molecular formula is C12H25N3O3S. The van der Waals surface area contributed by atoms with Gasteiger partial charge in [-0.2, -0.15) is 17.4 Å². The predicted octanol–water partition coefficient (Wildman–Crippen LogP) is 0.200. The molecule has 112 valence electrons. The Morgan fingerprint density at radius 3 is 2.74 bits per heavy atom. The van der Waals surface area contributed by atoms with Gasteiger partial charge in [-0.05, 0) is 33.1 Å². The summed E-state index contributed by atoms with van der Waals surface area (Å²) in [5.41, 5.74) is 5.89. The Morgan fingerprint density at radius 2 is 2.16 bits per heavy atom. The average molecular weight is 291 g/mol. The second-order valence-corrected chi connectivity index (χ2v) is 7.15. The van der Waals surface area contributed by atoms with Crippen molar-refractivity contribution in [3.63, 3.8) is 0 Å². The van der Waals surface area contributed by atoms with Crippen LogP contribution in [0.4, 0.5) is 0 Å². The van der Waals surface area contributed by atoms with Gasteiger partial charge in [0.1, 0.15) is 0 Å². The quantitative estimate of drug-likeness (QED) is 0.758. The van der Waals surface area contributed by atoms with Gasteiger partial charge < -0.3 is 10.5 Å². The molecule has 3 N–H and O–H groups in total. The van der Waals surface area contributed by atoms with E-state index in [1.54, 1.807) is 4.31 Å². The lowest BCUT2D eigenvalue weighted by atomic mass is 9.84. The summed E-state index contributed by atoms with van der Waals surface area (Å²) in [6, 6.07) is -0.376. The number of nitrogens with two attached hydrogens (primary N) is 1. The van der Waals surface area contributed by atoms with Crippen LogP contribution in [-0.2, 0) is 14.9 Å². The summed E-state index contributed by atoms with van der Waals surface area (Å²) >= 11 is 0. The maximum absolute atomic E-state index is 12.4. The van der Waals surface area contributed by atoms with Crippen LogP contribution in [-0.4, -0.2) is 50.1 Å². The Balaban J connectivity index is 2.00. The topological polar surface area (TPSA) is 84.7 Å². The van der Waals surface area contributed by atoms with Crippen LogP contribution in [0.15, 0.2) is 0 Å². The molecule has 2 rings (SSSR count). The smallest absolute Gasteiger partial charge is 0.280 e. The van der Waals surface area contributed by atoms with Crippen LogP contribution >= 0.6 is 0 Å². The highest BCUT2D eigenvalue weighted by Gasteiger charge is 2.43. The van der Waals surface area contributed by atoms with E-state index in [9.17, 15) is 8.42 Å². The molecule has 1 aliphatic carbocycles. The van der Waals surface area contributed by atoms with Crippen molar-refractivity contribution in [2.75, 3.05) is 13.2 Å². The molecule has 2 aliphatic rings. The van der Waals surface area contributed by atoms with E-state index in [0.717, 1.165) is 25.7 Å². The Hall–Kier alpha value is -0.210. The maximum Gasteiger partial charge on any atom is 0.280 e. The number of nitrogens with one attached hydrogen (secondary N) is 1. The standard InChI is InChI=1S/C12H25N3O3S/c1-3-18-11-8-10(13)12(11)14-19(16,17)15-7-5-4-6-9(15)2/h9-12,14H,3-8,13H2,1-2H3. The summed E-state index contributed by atoms with van der Waals surface area (Å²) in [4.78, 5) is 0. The molecule has 0 radical (unpaired) electrons. The van der Waals surface area contributed by atoms with Crippen LogP contribution < -0.4 is 10.5 Å². The first-order valence-electron chi connectivity index (χ1n) is 7.12. The van der Waals surface area contributed by atoms with E-state index in [1.165, 1.54) is 0 Å². The lowest BCUT2D eigenvalue weighted by molar-refractivity contribution is -0.0254. The zero-order valence-electron chi connectivity index (χ0n) is 11.7. The second kappa shape index (κ2) is 6.05. The van der Waals surface area contributed by atoms with E-state index in [0.29, 0.717) is 13.2 Å². The Kier molecular flexibility index (Phi) is 4.84. The summed E-state index contributed by atoms with van der Waals surface area (Å²) in [7, 11) is -3.45. The molecule has 1 aliphatic heterocycles. The fourth-order valence-corrected chi connectivity index (χ4v) is 4.61. The summed E-state index contributed by atoms with van der Waals surface area (Å²) in [6.45, 7) is 5.04. The van der Waals surface area contributed by atoms with E-state index in [4.69, 9.17) is 10.5 Å². The van der Waals surface area contributed by atoms with Crippen molar-refractivity contribution in [2.45, 2.75) is 63.8 Å². The molecule has 0 spiro atoms. The van der Waals surface area contributed by atoms with Gasteiger partial charge in [0.15, 0.2) is 0 Å². The average Bonchev–Trinajstić information content (AvgIpc) is 2.36. The molecule has 2 fully saturated rings. The lowest BCUT2D eigenvalue weighted by Crippen LogP contribution is -2.66. The van der Waals surface area contributed by atoms with Crippen molar-refractivity contribution in [1.29, 1.82) is 0 Å². The van der Waals surface area contributed by atoms with Gasteiger partial charge in [0.2, 0.25) is 0 Å². The van der Waals surface area contributed by atoms with Crippen LogP contribution in [0.5, 0.6) is 0 Å². The summed E-state index contributed by atoms with van der Waals surface area (Å²) in [5.74, 6) is 0. The van der Waals surface area contributed by atoms with Crippen molar-refractivity contribution in [1.82, 2.24) is 9.03 Å². The minimum absolute atomic E-state index is 0.0631. The molecular weight excluding hydrogens is 266 g/mol. The number of hydrogen-bond donors (Lipinski definition) is 2. The number of piperidine rings is 1. The SMILES string of the molecule is CCOC1CC(N)C1NS(=O)(=O)N1CCCCC1C. The number of hydrogen-bond acceptors (Lipinski definition) is 4. The molecule has 0 aromatic carbocycles. The summed E-state index contributed by atoms with van der Waals surface area (Å²) in [5, 5.41) is 0. The highest BCUT2D eigenvalue weighted by molar-refractivity contribution is 7.87. The van der Waals surface area contributed by atoms with Gasteiger partial charge in [-0.1, -0.05) is 6.42 Å². The minimum Gasteiger partial charge on any atom is -0.377 e. The van der Waals surface area contributed by atoms with Gasteiger partial charge in [-0.3, -0.25) is 0 Å². The van der Waals surface area contributed by atoms with Crippen LogP contribution in [0.3, 0.4) is 0 Å². The van der Waals surface area contributed by atoms with E-state index in [2.05, 4.69) is 4.72 Å². The van der Waals surface area contributed by atoms with Gasteiger partial charge in [0.05, 0.1) is 12.1 Å². The molecule has 1 saturated heterocycles. The molecule has 0 aromatic rings. The summed E-state index contributed by atoms with van der Waals surface area (Å²) < 4.78 is 34.6. The molecule has 6 nitrogen and oxygen atoms in total. The van der Waals surface area contributed by atoms with Crippen molar-refractivity contribution in [3.05, 3.63) is 0 Å². The number of ether oxygens (including phenoxy) is 1. The molecule has 1 saturated carbocycles. The van der Waals surface area contributed by atoms with Crippen molar-refractivity contribution >= 4 is 10.2 Å². The Morgan fingerprint density at radius 1 is 1.42 bits per heavy atom. The molecule has 0 bridgehead atoms. The van der Waals surface area contributed by atoms with Gasteiger partial charge in [-0.15, -0.1) is 0 Å². The third-order valence-corrected chi connectivity index (χ3v) is 5.81. The van der Waals surface area contributed by atoms with E-state index < -0.39 is 10.2 Å². The number of nitrogens with zero attached hydrogens (tertiary/aromatic N) is 1. The van der Waals surface area contributed by atoms with Gasteiger partial charge in [-0.25, -0.2) is 0 Å². The van der Waals surface area contributed by atoms with Crippen molar-refractivity contribution < 1.29 is 13.2 Å². The Bertz CT molecular complexity index is 399. The van der Waals surface area contributed by atoms with Gasteiger partial charge >= 0.3 is 0 Å². The molecule has 0 amide bonds. The fraction of sp³-hybridized carbons (Fsp3) is 1.00. The fourth-order valence-electron chi connectivity index (χ4n) is 2.86. The summed E-state index contributed by atoms with van der Waals surface area (Å²) in [6.07, 6.45) is 3.58. The highest BCUT2D eigenvalue weighted by atomic mass is 32.2. The molecule has 1 heterocycles. The first-order valence-corrected chi connectivity index (χ1v) is 8.56. The van der Waals surface area contributed by atoms with Crippen LogP contribution in [0, 0.1) is 0 Å². The monoisotopic (exact) mass is 291 g/mol. The van der Waals surface area contributed by atoms with Crippen LogP contribution in [0.1, 0.15) is 39.5 Å². The van der Waals surface area contributed by atoms with E-state index in [-0.39, 0.29) is 24.2 Å². The lowest BCUT2D eigenvalue weighted by Gasteiger charge is -2.43. The molecule has 4 unspecified atom stereocenters. The third-order valence-electron chi connectivity index (χ3n) is 4.08. The molecule has 7 heteroatoms. The maximum atomic E-state index is 12.4. The zero-order valence-corrected chi connectivity index (χ0v) is 12.5. The molecule has 4 atom stereocenters.